The highest BCUT2D eigenvalue weighted by atomic mass is 14.9. The Balaban J connectivity index is 2.70. The van der Waals surface area contributed by atoms with Crippen molar-refractivity contribution < 1.29 is 0 Å². The predicted molar refractivity (Wildman–Crippen MR) is 44.5 cm³/mol. The van der Waals surface area contributed by atoms with Crippen molar-refractivity contribution in [3.05, 3.63) is 0 Å². The Morgan fingerprint density at radius 2 is 1.90 bits per heavy atom. The summed E-state index contributed by atoms with van der Waals surface area (Å²) in [6.45, 7) is 3.12. The normalized spacial score (nSPS) is 9.30. The molecule has 0 rings (SSSR count). The van der Waals surface area contributed by atoms with Crippen LogP contribution in [0.5, 0.6) is 0 Å². The molecule has 0 aromatic carbocycles. The van der Waals surface area contributed by atoms with Crippen LogP contribution in [0.2, 0.25) is 0 Å². The minimum Gasteiger partial charge on any atom is -0.367 e. The lowest BCUT2D eigenvalue weighted by atomic mass is 10.1. The molecule has 1 radical (unpaired) electrons. The molecule has 0 saturated heterocycles. The fraction of sp³-hybridized carbons (Fsp3) is 0.875. The van der Waals surface area contributed by atoms with Crippen LogP contribution in [-0.4, -0.2) is 12.9 Å². The van der Waals surface area contributed by atoms with E-state index < -0.39 is 0 Å². The highest BCUT2D eigenvalue weighted by Crippen LogP contribution is 2.00. The molecule has 0 aromatic rings. The Hall–Kier alpha value is -0.530. The number of hydrogen-bond acceptors (Lipinski definition) is 1. The molecule has 0 heterocycles. The first kappa shape index (κ1) is 9.47. The largest absolute Gasteiger partial charge is 0.367 e. The van der Waals surface area contributed by atoms with Gasteiger partial charge in [0.15, 0.2) is 6.34 Å². The van der Waals surface area contributed by atoms with Gasteiger partial charge in [0.1, 0.15) is 0 Å². The van der Waals surface area contributed by atoms with Crippen molar-refractivity contribution in [3.63, 3.8) is 0 Å². The fourth-order valence-corrected chi connectivity index (χ4v) is 0.879. The number of nitrogens with one attached hydrogen (secondary N) is 2. The Morgan fingerprint density at radius 1 is 1.20 bits per heavy atom. The summed E-state index contributed by atoms with van der Waals surface area (Å²) >= 11 is 0. The first-order valence-corrected chi connectivity index (χ1v) is 4.06. The second kappa shape index (κ2) is 8.47. The van der Waals surface area contributed by atoms with Gasteiger partial charge in [-0.05, 0) is 6.42 Å². The van der Waals surface area contributed by atoms with Crippen LogP contribution in [-0.2, 0) is 0 Å². The van der Waals surface area contributed by atoms with Gasteiger partial charge in [-0.2, -0.15) is 0 Å². The molecule has 0 aliphatic rings. The molecule has 0 saturated carbocycles. The summed E-state index contributed by atoms with van der Waals surface area (Å²) in [5.41, 5.74) is 0. The van der Waals surface area contributed by atoms with Crippen LogP contribution in [0.3, 0.4) is 0 Å². The van der Waals surface area contributed by atoms with Crippen molar-refractivity contribution in [1.29, 1.82) is 5.41 Å². The van der Waals surface area contributed by atoms with Crippen LogP contribution in [0.15, 0.2) is 0 Å². The van der Waals surface area contributed by atoms with Crippen molar-refractivity contribution >= 4 is 6.34 Å². The molecule has 0 atom stereocenters. The van der Waals surface area contributed by atoms with E-state index >= 15 is 0 Å². The number of rotatable bonds is 7. The maximum absolute atomic E-state index is 6.56. The maximum atomic E-state index is 6.56. The average molecular weight is 141 g/mol. The molecule has 0 amide bonds. The summed E-state index contributed by atoms with van der Waals surface area (Å²) in [6.07, 6.45) is 8.58. The summed E-state index contributed by atoms with van der Waals surface area (Å²) in [5.74, 6) is 0. The van der Waals surface area contributed by atoms with Gasteiger partial charge in [0.2, 0.25) is 0 Å². The van der Waals surface area contributed by atoms with Crippen LogP contribution < -0.4 is 5.32 Å². The minimum atomic E-state index is 0.910. The van der Waals surface area contributed by atoms with E-state index in [-0.39, 0.29) is 0 Å². The molecule has 0 aliphatic heterocycles. The van der Waals surface area contributed by atoms with E-state index in [0.717, 1.165) is 6.54 Å². The molecule has 59 valence electrons. The highest BCUT2D eigenvalue weighted by molar-refractivity contribution is 5.49. The van der Waals surface area contributed by atoms with Crippen molar-refractivity contribution in [1.82, 2.24) is 5.32 Å². The average Bonchev–Trinajstić information content (AvgIpc) is 1.97. The number of hydrogen-bond donors (Lipinski definition) is 2. The molecular weight excluding hydrogens is 124 g/mol. The summed E-state index contributed by atoms with van der Waals surface area (Å²) in [7, 11) is 0. The third-order valence-electron chi connectivity index (χ3n) is 1.49. The monoisotopic (exact) mass is 141 g/mol. The molecule has 10 heavy (non-hydrogen) atoms. The van der Waals surface area contributed by atoms with E-state index in [4.69, 9.17) is 5.41 Å². The van der Waals surface area contributed by atoms with Gasteiger partial charge in [-0.25, -0.2) is 0 Å². The Bertz CT molecular complexity index is 71.7. The summed E-state index contributed by atoms with van der Waals surface area (Å²) in [4.78, 5) is 0. The molecule has 2 heteroatoms. The zero-order valence-electron chi connectivity index (χ0n) is 6.74. The second-order valence-corrected chi connectivity index (χ2v) is 2.47. The topological polar surface area (TPSA) is 35.9 Å². The van der Waals surface area contributed by atoms with E-state index in [1.54, 1.807) is 0 Å². The fourth-order valence-electron chi connectivity index (χ4n) is 0.879. The van der Waals surface area contributed by atoms with Gasteiger partial charge < -0.3 is 5.32 Å². The van der Waals surface area contributed by atoms with Crippen molar-refractivity contribution in [2.75, 3.05) is 6.54 Å². The number of unbranched alkanes of at least 4 members (excludes halogenated alkanes) is 4. The lowest BCUT2D eigenvalue weighted by Gasteiger charge is -1.97. The first-order chi connectivity index (χ1) is 4.91. The lowest BCUT2D eigenvalue weighted by Crippen LogP contribution is -2.11. The van der Waals surface area contributed by atoms with Gasteiger partial charge in [-0.15, -0.1) is 0 Å². The molecule has 0 aromatic heterocycles. The smallest absolute Gasteiger partial charge is 0.161 e. The standard InChI is InChI=1S/C8H17N2/c1-2-3-4-5-6-7-10-8-9/h2-7H2,1H3,(H2,9,10). The Kier molecular flexibility index (Phi) is 8.02. The summed E-state index contributed by atoms with van der Waals surface area (Å²) < 4.78 is 0. The molecule has 0 bridgehead atoms. The van der Waals surface area contributed by atoms with Gasteiger partial charge in [0.25, 0.3) is 0 Å². The quantitative estimate of drug-likeness (QED) is 0.242. The third kappa shape index (κ3) is 7.47. The van der Waals surface area contributed by atoms with Crippen LogP contribution in [0.25, 0.3) is 0 Å². The lowest BCUT2D eigenvalue weighted by molar-refractivity contribution is 0.625. The van der Waals surface area contributed by atoms with Crippen LogP contribution in [0.4, 0.5) is 0 Å². The van der Waals surface area contributed by atoms with Gasteiger partial charge in [0.05, 0.1) is 0 Å². The third-order valence-corrected chi connectivity index (χ3v) is 1.49. The summed E-state index contributed by atoms with van der Waals surface area (Å²) in [5, 5.41) is 9.30. The van der Waals surface area contributed by atoms with Crippen LogP contribution in [0.1, 0.15) is 39.0 Å². The molecule has 2 N–H and O–H groups in total. The minimum absolute atomic E-state index is 0.910. The van der Waals surface area contributed by atoms with Crippen molar-refractivity contribution in [2.24, 2.45) is 0 Å². The summed E-state index contributed by atoms with van der Waals surface area (Å²) in [6, 6.07) is 0. The van der Waals surface area contributed by atoms with Crippen molar-refractivity contribution in [2.45, 2.75) is 39.0 Å². The zero-order valence-corrected chi connectivity index (χ0v) is 6.74. The highest BCUT2D eigenvalue weighted by Gasteiger charge is 1.86. The van der Waals surface area contributed by atoms with Crippen molar-refractivity contribution in [3.8, 4) is 0 Å². The van der Waals surface area contributed by atoms with E-state index in [2.05, 4.69) is 18.6 Å². The molecule has 0 aliphatic carbocycles. The maximum Gasteiger partial charge on any atom is 0.161 e. The van der Waals surface area contributed by atoms with Gasteiger partial charge >= 0.3 is 0 Å². The molecular formula is C8H17N2. The van der Waals surface area contributed by atoms with Gasteiger partial charge in [-0.3, -0.25) is 5.41 Å². The Labute approximate surface area is 63.5 Å². The zero-order chi connectivity index (χ0) is 7.66. The molecule has 0 spiro atoms. The van der Waals surface area contributed by atoms with Crippen LogP contribution >= 0.6 is 0 Å². The Morgan fingerprint density at radius 3 is 2.50 bits per heavy atom. The second-order valence-electron chi connectivity index (χ2n) is 2.47. The van der Waals surface area contributed by atoms with Crippen LogP contribution in [0, 0.1) is 5.41 Å². The van der Waals surface area contributed by atoms with E-state index in [9.17, 15) is 0 Å². The molecule has 2 nitrogen and oxygen atoms in total. The van der Waals surface area contributed by atoms with E-state index in [1.807, 2.05) is 0 Å². The van der Waals surface area contributed by atoms with E-state index in [0.29, 0.717) is 0 Å². The first-order valence-electron chi connectivity index (χ1n) is 4.06. The molecule has 0 fully saturated rings. The SMILES string of the molecule is CCCCCCCN[C]=N. The van der Waals surface area contributed by atoms with E-state index in [1.165, 1.54) is 32.1 Å². The van der Waals surface area contributed by atoms with Gasteiger partial charge in [0, 0.05) is 6.54 Å². The molecule has 0 unspecified atom stereocenters. The van der Waals surface area contributed by atoms with Gasteiger partial charge in [-0.1, -0.05) is 32.6 Å². The predicted octanol–water partition coefficient (Wildman–Crippen LogP) is 2.03.